The van der Waals surface area contributed by atoms with Gasteiger partial charge in [0.05, 0.1) is 25.4 Å². The minimum absolute atomic E-state index is 0.231. The number of aliphatic hydroxyl groups excluding tert-OH is 3. The zero-order valence-corrected chi connectivity index (χ0v) is 12.6. The van der Waals surface area contributed by atoms with Gasteiger partial charge in [0, 0.05) is 29.2 Å². The fraction of sp³-hybridized carbons (Fsp3) is 0.688. The Morgan fingerprint density at radius 3 is 2.57 bits per heavy atom. The van der Waals surface area contributed by atoms with Gasteiger partial charge >= 0.3 is 5.97 Å². The van der Waals surface area contributed by atoms with Crippen molar-refractivity contribution in [1.29, 1.82) is 0 Å². The molecule has 118 valence electrons. The third-order valence-electron chi connectivity index (χ3n) is 5.39. The van der Waals surface area contributed by atoms with Crippen LogP contribution < -0.4 is 0 Å². The zero-order chi connectivity index (χ0) is 15.9. The maximum atomic E-state index is 11.7. The highest BCUT2D eigenvalue weighted by Gasteiger charge is 2.55. The molecule has 0 radical (unpaired) electrons. The normalized spacial score (nSPS) is 43.1. The lowest BCUT2D eigenvalue weighted by Gasteiger charge is -2.54. The summed E-state index contributed by atoms with van der Waals surface area (Å²) in [5.41, 5.74) is 0.217. The lowest BCUT2D eigenvalue weighted by Crippen LogP contribution is -2.57. The van der Waals surface area contributed by atoms with Gasteiger partial charge in [-0.3, -0.25) is 0 Å². The van der Waals surface area contributed by atoms with E-state index in [-0.39, 0.29) is 12.0 Å². The third-order valence-corrected chi connectivity index (χ3v) is 5.39. The molecule has 5 heteroatoms. The molecule has 2 saturated carbocycles. The molecule has 0 unspecified atom stereocenters. The summed E-state index contributed by atoms with van der Waals surface area (Å²) in [7, 11) is 1.28. The average molecular weight is 296 g/mol. The molecule has 2 aliphatic carbocycles. The number of hydrogen-bond donors (Lipinski definition) is 3. The van der Waals surface area contributed by atoms with Crippen LogP contribution in [0.1, 0.15) is 26.2 Å². The highest BCUT2D eigenvalue weighted by molar-refractivity contribution is 5.88. The molecule has 2 fully saturated rings. The average Bonchev–Trinajstić information content (AvgIpc) is 2.44. The monoisotopic (exact) mass is 296 g/mol. The smallest absolute Gasteiger partial charge is 0.333 e. The van der Waals surface area contributed by atoms with E-state index in [9.17, 15) is 20.1 Å². The summed E-state index contributed by atoms with van der Waals surface area (Å²) in [5, 5.41) is 31.0. The van der Waals surface area contributed by atoms with Crippen molar-refractivity contribution in [3.8, 4) is 0 Å². The molecule has 0 saturated heterocycles. The Balaban J connectivity index is 2.31. The number of carbonyl (C=O) groups excluding carboxylic acids is 1. The molecule has 0 bridgehead atoms. The van der Waals surface area contributed by atoms with Crippen LogP contribution in [0.5, 0.6) is 0 Å². The van der Waals surface area contributed by atoms with Gasteiger partial charge < -0.3 is 20.1 Å². The summed E-state index contributed by atoms with van der Waals surface area (Å²) in [4.78, 5) is 11.7. The summed E-state index contributed by atoms with van der Waals surface area (Å²) in [6.07, 6.45) is -1.04. The molecule has 6 atom stereocenters. The Hall–Kier alpha value is -1.17. The summed E-state index contributed by atoms with van der Waals surface area (Å²) in [5.74, 6) is -1.44. The van der Waals surface area contributed by atoms with E-state index in [1.807, 2.05) is 6.92 Å². The predicted molar refractivity (Wildman–Crippen MR) is 77.3 cm³/mol. The van der Waals surface area contributed by atoms with Crippen molar-refractivity contribution in [2.24, 2.45) is 17.3 Å². The third kappa shape index (κ3) is 2.43. The maximum Gasteiger partial charge on any atom is 0.333 e. The number of hydrogen-bond acceptors (Lipinski definition) is 5. The summed E-state index contributed by atoms with van der Waals surface area (Å²) < 4.78 is 4.67. The molecule has 0 aromatic carbocycles. The minimum Gasteiger partial charge on any atom is -0.466 e. The van der Waals surface area contributed by atoms with E-state index >= 15 is 0 Å². The number of aliphatic hydroxyl groups is 3. The van der Waals surface area contributed by atoms with Crippen LogP contribution in [-0.4, -0.2) is 46.7 Å². The molecule has 0 aromatic heterocycles. The molecule has 0 amide bonds. The number of carbonyl (C=O) groups is 1. The second kappa shape index (κ2) is 5.55. The van der Waals surface area contributed by atoms with E-state index in [4.69, 9.17) is 0 Å². The number of methoxy groups -OCH3 is 1. The van der Waals surface area contributed by atoms with Crippen LogP contribution in [0.15, 0.2) is 24.3 Å². The van der Waals surface area contributed by atoms with E-state index in [2.05, 4.69) is 17.9 Å². The second-order valence-corrected chi connectivity index (χ2v) is 6.48. The quantitative estimate of drug-likeness (QED) is 0.398. The lowest BCUT2D eigenvalue weighted by molar-refractivity contribution is -0.143. The maximum absolute atomic E-state index is 11.7. The second-order valence-electron chi connectivity index (χ2n) is 6.48. The summed E-state index contributed by atoms with van der Waals surface area (Å²) in [6, 6.07) is 0. The van der Waals surface area contributed by atoms with Gasteiger partial charge in [0.1, 0.15) is 0 Å². The molecule has 0 aliphatic heterocycles. The van der Waals surface area contributed by atoms with E-state index in [1.165, 1.54) is 7.11 Å². The van der Waals surface area contributed by atoms with Crippen molar-refractivity contribution in [3.05, 3.63) is 24.3 Å². The molecule has 21 heavy (non-hydrogen) atoms. The highest BCUT2D eigenvalue weighted by Crippen LogP contribution is 2.54. The van der Waals surface area contributed by atoms with Gasteiger partial charge in [-0.2, -0.15) is 0 Å². The molecule has 0 aromatic rings. The molecule has 0 spiro atoms. The Kier molecular flexibility index (Phi) is 4.29. The predicted octanol–water partition coefficient (Wildman–Crippen LogP) is 0.791. The molecule has 2 aliphatic rings. The first-order valence-electron chi connectivity index (χ1n) is 7.24. The molecule has 2 rings (SSSR count). The van der Waals surface area contributed by atoms with Gasteiger partial charge in [-0.1, -0.05) is 20.1 Å². The van der Waals surface area contributed by atoms with Crippen molar-refractivity contribution in [2.75, 3.05) is 7.11 Å². The van der Waals surface area contributed by atoms with Crippen molar-refractivity contribution >= 4 is 5.97 Å². The fourth-order valence-electron chi connectivity index (χ4n) is 3.93. The highest BCUT2D eigenvalue weighted by atomic mass is 16.5. The van der Waals surface area contributed by atoms with Crippen LogP contribution in [0.2, 0.25) is 0 Å². The molecule has 5 nitrogen and oxygen atoms in total. The van der Waals surface area contributed by atoms with Gasteiger partial charge in [0.25, 0.3) is 0 Å². The van der Waals surface area contributed by atoms with Gasteiger partial charge in [0.15, 0.2) is 0 Å². The first kappa shape index (κ1) is 16.2. The topological polar surface area (TPSA) is 87.0 Å². The van der Waals surface area contributed by atoms with Crippen molar-refractivity contribution < 1.29 is 24.9 Å². The lowest BCUT2D eigenvalue weighted by atomic mass is 9.53. The van der Waals surface area contributed by atoms with Gasteiger partial charge in [-0.25, -0.2) is 4.79 Å². The van der Waals surface area contributed by atoms with Gasteiger partial charge in [-0.15, -0.1) is 0 Å². The van der Waals surface area contributed by atoms with Gasteiger partial charge in [-0.05, 0) is 18.4 Å². The van der Waals surface area contributed by atoms with Crippen LogP contribution in [-0.2, 0) is 9.53 Å². The van der Waals surface area contributed by atoms with Crippen LogP contribution in [0, 0.1) is 17.3 Å². The minimum atomic E-state index is -0.910. The van der Waals surface area contributed by atoms with Crippen molar-refractivity contribution in [1.82, 2.24) is 0 Å². The Bertz CT molecular complexity index is 471. The van der Waals surface area contributed by atoms with E-state index < -0.39 is 41.5 Å². The largest absolute Gasteiger partial charge is 0.466 e. The number of ether oxygens (including phenoxy) is 1. The molecule has 0 heterocycles. The zero-order valence-electron chi connectivity index (χ0n) is 12.6. The Labute approximate surface area is 124 Å². The van der Waals surface area contributed by atoms with E-state index in [0.29, 0.717) is 18.4 Å². The standard InChI is InChI=1S/C16H24O5/c1-8(15(20)21-4)10-5-6-16(3)12(18)7-11(17)9(2)13(16)14(10)19/h10-14,17-19H,1-2,5-7H2,3-4H3/t10-,11+,12-,13-,14+,16+/m1/s1. The molecule has 3 N–H and O–H groups in total. The fourth-order valence-corrected chi connectivity index (χ4v) is 3.93. The number of esters is 1. The number of rotatable bonds is 2. The van der Waals surface area contributed by atoms with Crippen LogP contribution in [0.25, 0.3) is 0 Å². The van der Waals surface area contributed by atoms with Gasteiger partial charge in [0.2, 0.25) is 0 Å². The van der Waals surface area contributed by atoms with Crippen LogP contribution in [0.3, 0.4) is 0 Å². The van der Waals surface area contributed by atoms with Crippen LogP contribution in [0.4, 0.5) is 0 Å². The number of fused-ring (bicyclic) bond motifs is 1. The van der Waals surface area contributed by atoms with Crippen LogP contribution >= 0.6 is 0 Å². The Morgan fingerprint density at radius 1 is 1.38 bits per heavy atom. The Morgan fingerprint density at radius 2 is 2.00 bits per heavy atom. The first-order valence-corrected chi connectivity index (χ1v) is 7.24. The van der Waals surface area contributed by atoms with Crippen molar-refractivity contribution in [3.63, 3.8) is 0 Å². The van der Waals surface area contributed by atoms with E-state index in [0.717, 1.165) is 0 Å². The summed E-state index contributed by atoms with van der Waals surface area (Å²) >= 11 is 0. The summed E-state index contributed by atoms with van der Waals surface area (Å²) in [6.45, 7) is 9.54. The first-order chi connectivity index (χ1) is 9.74. The molecular formula is C16H24O5. The van der Waals surface area contributed by atoms with Crippen molar-refractivity contribution in [2.45, 2.75) is 44.5 Å². The van der Waals surface area contributed by atoms with E-state index in [1.54, 1.807) is 0 Å². The SMILES string of the molecule is C=C(C(=O)OC)[C@H]1CC[C@@]2(C)[C@H](O)C[C@H](O)C(=C)[C@@H]2[C@H]1O. The molecular weight excluding hydrogens is 272 g/mol.